The summed E-state index contributed by atoms with van der Waals surface area (Å²) < 4.78 is 20.2. The zero-order valence-corrected chi connectivity index (χ0v) is 13.8. The van der Waals surface area contributed by atoms with Crippen molar-refractivity contribution in [2.75, 3.05) is 25.2 Å². The van der Waals surface area contributed by atoms with Gasteiger partial charge in [-0.25, -0.2) is 14.1 Å². The zero-order valence-electron chi connectivity index (χ0n) is 13.0. The Balaban J connectivity index is 1.88. The number of hydrogen-bond acceptors (Lipinski definition) is 5. The fraction of sp³-hybridized carbons (Fsp3) is 0.500. The Morgan fingerprint density at radius 3 is 2.78 bits per heavy atom. The van der Waals surface area contributed by atoms with Gasteiger partial charge in [-0.2, -0.15) is 16.9 Å². The van der Waals surface area contributed by atoms with Crippen LogP contribution >= 0.6 is 11.8 Å². The molecule has 0 radical (unpaired) electrons. The number of halogens is 1. The molecule has 0 amide bonds. The van der Waals surface area contributed by atoms with Gasteiger partial charge in [-0.1, -0.05) is 0 Å². The van der Waals surface area contributed by atoms with Crippen molar-refractivity contribution < 1.29 is 14.2 Å². The fourth-order valence-electron chi connectivity index (χ4n) is 2.63. The maximum atomic E-state index is 13.2. The molecule has 124 valence electrons. The zero-order chi connectivity index (χ0) is 16.2. The van der Waals surface area contributed by atoms with E-state index in [1.165, 1.54) is 12.1 Å². The highest BCUT2D eigenvalue weighted by Crippen LogP contribution is 2.20. The second-order valence-electron chi connectivity index (χ2n) is 5.64. The molecule has 3 rings (SSSR count). The monoisotopic (exact) mass is 337 g/mol. The van der Waals surface area contributed by atoms with E-state index in [0.29, 0.717) is 19.6 Å². The molecule has 1 aromatic heterocycles. The number of rotatable bonds is 6. The van der Waals surface area contributed by atoms with Crippen molar-refractivity contribution in [3.8, 4) is 5.69 Å². The Morgan fingerprint density at radius 2 is 2.13 bits per heavy atom. The van der Waals surface area contributed by atoms with E-state index < -0.39 is 6.10 Å². The Hall–Kier alpha value is -1.44. The number of benzene rings is 1. The normalized spacial score (nSPS) is 21.0. The van der Waals surface area contributed by atoms with Crippen molar-refractivity contribution in [1.82, 2.24) is 14.8 Å². The summed E-state index contributed by atoms with van der Waals surface area (Å²) >= 11 is 1.74. The third-order valence-corrected chi connectivity index (χ3v) is 4.54. The van der Waals surface area contributed by atoms with Crippen molar-refractivity contribution >= 4 is 11.8 Å². The Bertz CT molecular complexity index is 647. The third-order valence-electron chi connectivity index (χ3n) is 3.93. The van der Waals surface area contributed by atoms with E-state index in [0.717, 1.165) is 29.5 Å². The topological polar surface area (TPSA) is 60.2 Å². The van der Waals surface area contributed by atoms with E-state index in [1.807, 2.05) is 6.26 Å². The summed E-state index contributed by atoms with van der Waals surface area (Å²) in [5.74, 6) is 2.24. The van der Waals surface area contributed by atoms with Gasteiger partial charge in [-0.15, -0.1) is 0 Å². The van der Waals surface area contributed by atoms with E-state index >= 15 is 0 Å². The number of thioether (sulfide) groups is 1. The highest BCUT2D eigenvalue weighted by Gasteiger charge is 2.28. The Morgan fingerprint density at radius 1 is 1.35 bits per heavy atom. The molecule has 1 aliphatic rings. The second kappa shape index (κ2) is 7.42. The molecule has 7 heteroatoms. The van der Waals surface area contributed by atoms with Gasteiger partial charge in [0.05, 0.1) is 25.0 Å². The number of ether oxygens (including phenoxy) is 1. The maximum Gasteiger partial charge on any atom is 0.152 e. The average molecular weight is 337 g/mol. The molecular formula is C16H20FN3O2S. The predicted octanol–water partition coefficient (Wildman–Crippen LogP) is 1.86. The van der Waals surface area contributed by atoms with Gasteiger partial charge in [-0.05, 0) is 30.5 Å². The van der Waals surface area contributed by atoms with Gasteiger partial charge < -0.3 is 9.84 Å². The summed E-state index contributed by atoms with van der Waals surface area (Å²) in [5.41, 5.74) is 0.776. The van der Waals surface area contributed by atoms with Gasteiger partial charge in [-0.3, -0.25) is 0 Å². The van der Waals surface area contributed by atoms with Crippen LogP contribution in [-0.4, -0.2) is 51.2 Å². The number of nitrogens with zero attached hydrogens (tertiary/aromatic N) is 3. The first kappa shape index (κ1) is 16.4. The first-order valence-corrected chi connectivity index (χ1v) is 9.02. The largest absolute Gasteiger partial charge is 0.390 e. The maximum absolute atomic E-state index is 13.2. The number of aromatic nitrogens is 3. The quantitative estimate of drug-likeness (QED) is 0.872. The first-order chi connectivity index (χ1) is 11.2. The summed E-state index contributed by atoms with van der Waals surface area (Å²) in [6, 6.07) is 6.20. The molecule has 0 spiro atoms. The molecule has 1 fully saturated rings. The predicted molar refractivity (Wildman–Crippen MR) is 87.4 cm³/mol. The van der Waals surface area contributed by atoms with E-state index in [1.54, 1.807) is 28.6 Å². The minimum atomic E-state index is -0.469. The molecule has 1 aromatic carbocycles. The number of aliphatic hydroxyl groups excluding tert-OH is 1. The van der Waals surface area contributed by atoms with Crippen molar-refractivity contribution in [2.24, 2.45) is 5.92 Å². The fourth-order valence-corrected chi connectivity index (χ4v) is 3.02. The van der Waals surface area contributed by atoms with Crippen molar-refractivity contribution in [2.45, 2.75) is 18.9 Å². The lowest BCUT2D eigenvalue weighted by atomic mass is 10.0. The molecule has 1 N–H and O–H groups in total. The summed E-state index contributed by atoms with van der Waals surface area (Å²) in [5, 5.41) is 14.5. The van der Waals surface area contributed by atoms with Crippen molar-refractivity contribution in [1.29, 1.82) is 0 Å². The summed E-state index contributed by atoms with van der Waals surface area (Å²) in [6.45, 7) is 0.895. The summed E-state index contributed by atoms with van der Waals surface area (Å²) in [7, 11) is 0. The Kier molecular flexibility index (Phi) is 5.30. The van der Waals surface area contributed by atoms with Crippen LogP contribution in [0, 0.1) is 11.7 Å². The molecule has 2 atom stereocenters. The molecular weight excluding hydrogens is 317 g/mol. The molecule has 2 heterocycles. The molecule has 0 aliphatic carbocycles. The lowest BCUT2D eigenvalue weighted by Gasteiger charge is -2.12. The molecule has 0 bridgehead atoms. The van der Waals surface area contributed by atoms with Crippen LogP contribution in [0.3, 0.4) is 0 Å². The minimum Gasteiger partial charge on any atom is -0.390 e. The highest BCUT2D eigenvalue weighted by atomic mass is 32.2. The molecule has 0 saturated carbocycles. The minimum absolute atomic E-state index is 0.0202. The van der Waals surface area contributed by atoms with Crippen LogP contribution in [0.25, 0.3) is 5.69 Å². The summed E-state index contributed by atoms with van der Waals surface area (Å²) in [6.07, 6.45) is 2.95. The van der Waals surface area contributed by atoms with Crippen LogP contribution in [0.2, 0.25) is 0 Å². The SMILES string of the molecule is CSCCc1nc(C[C@@H]2COC[C@H]2O)n(-c2ccc(F)cc2)n1. The van der Waals surface area contributed by atoms with Gasteiger partial charge in [0.1, 0.15) is 11.6 Å². The number of aliphatic hydroxyl groups is 1. The van der Waals surface area contributed by atoms with Crippen LogP contribution in [0.1, 0.15) is 11.6 Å². The standard InChI is InChI=1S/C16H20FN3O2S/c1-23-7-6-15-18-16(8-11-9-22-10-14(11)21)20(19-15)13-4-2-12(17)3-5-13/h2-5,11,14,21H,6-10H2,1H3/t11-,14-/m1/s1. The van der Waals surface area contributed by atoms with Gasteiger partial charge >= 0.3 is 0 Å². The molecule has 1 aliphatic heterocycles. The number of aryl methyl sites for hydroxylation is 1. The summed E-state index contributed by atoms with van der Waals surface area (Å²) in [4.78, 5) is 4.62. The molecule has 23 heavy (non-hydrogen) atoms. The van der Waals surface area contributed by atoms with E-state index in [9.17, 15) is 9.50 Å². The van der Waals surface area contributed by atoms with E-state index in [2.05, 4.69) is 10.1 Å². The van der Waals surface area contributed by atoms with Crippen LogP contribution < -0.4 is 0 Å². The van der Waals surface area contributed by atoms with Crippen LogP contribution in [0.4, 0.5) is 4.39 Å². The van der Waals surface area contributed by atoms with Gasteiger partial charge in [0, 0.05) is 24.5 Å². The van der Waals surface area contributed by atoms with Crippen molar-refractivity contribution in [3.05, 3.63) is 41.7 Å². The smallest absolute Gasteiger partial charge is 0.152 e. The second-order valence-corrected chi connectivity index (χ2v) is 6.63. The lowest BCUT2D eigenvalue weighted by Crippen LogP contribution is -2.21. The number of hydrogen-bond donors (Lipinski definition) is 1. The lowest BCUT2D eigenvalue weighted by molar-refractivity contribution is 0.118. The van der Waals surface area contributed by atoms with E-state index in [4.69, 9.17) is 4.74 Å². The first-order valence-electron chi connectivity index (χ1n) is 7.63. The third kappa shape index (κ3) is 3.91. The van der Waals surface area contributed by atoms with Crippen LogP contribution in [0.15, 0.2) is 24.3 Å². The molecule has 1 saturated heterocycles. The molecule has 5 nitrogen and oxygen atoms in total. The molecule has 2 aromatic rings. The average Bonchev–Trinajstić information content (AvgIpc) is 3.13. The van der Waals surface area contributed by atoms with Crippen LogP contribution in [-0.2, 0) is 17.6 Å². The highest BCUT2D eigenvalue weighted by molar-refractivity contribution is 7.98. The van der Waals surface area contributed by atoms with Crippen LogP contribution in [0.5, 0.6) is 0 Å². The van der Waals surface area contributed by atoms with Gasteiger partial charge in [0.2, 0.25) is 0 Å². The van der Waals surface area contributed by atoms with E-state index in [-0.39, 0.29) is 11.7 Å². The van der Waals surface area contributed by atoms with Gasteiger partial charge in [0.15, 0.2) is 5.82 Å². The van der Waals surface area contributed by atoms with Crippen molar-refractivity contribution in [3.63, 3.8) is 0 Å². The Labute approximate surface area is 138 Å². The molecule has 0 unspecified atom stereocenters. The van der Waals surface area contributed by atoms with Gasteiger partial charge in [0.25, 0.3) is 0 Å².